The van der Waals surface area contributed by atoms with E-state index in [0.717, 1.165) is 4.47 Å². The predicted molar refractivity (Wildman–Crippen MR) is 92.7 cm³/mol. The van der Waals surface area contributed by atoms with Gasteiger partial charge in [0.15, 0.2) is 0 Å². The average Bonchev–Trinajstić information content (AvgIpc) is 2.46. The molecular formula is C18H18Br2. The van der Waals surface area contributed by atoms with Gasteiger partial charge in [0, 0.05) is 4.47 Å². The minimum Gasteiger partial charge on any atom is -0.0786 e. The molecule has 0 fully saturated rings. The first-order valence-corrected chi connectivity index (χ1v) is 8.88. The lowest BCUT2D eigenvalue weighted by atomic mass is 9.89. The molecule has 0 bridgehead atoms. The summed E-state index contributed by atoms with van der Waals surface area (Å²) in [6.45, 7) is 2.17. The summed E-state index contributed by atoms with van der Waals surface area (Å²) < 4.78 is 1.14. The van der Waals surface area contributed by atoms with E-state index in [1.54, 1.807) is 11.1 Å². The van der Waals surface area contributed by atoms with Crippen LogP contribution in [-0.4, -0.2) is 0 Å². The first-order valence-electron chi connectivity index (χ1n) is 7.17. The Balaban J connectivity index is 1.95. The van der Waals surface area contributed by atoms with Crippen LogP contribution >= 0.6 is 31.9 Å². The van der Waals surface area contributed by atoms with Crippen molar-refractivity contribution in [2.75, 3.05) is 0 Å². The molecule has 0 amide bonds. The second-order valence-electron chi connectivity index (χ2n) is 5.60. The van der Waals surface area contributed by atoms with Crippen molar-refractivity contribution in [2.45, 2.75) is 37.4 Å². The molecule has 1 aliphatic rings. The lowest BCUT2D eigenvalue weighted by molar-refractivity contribution is 0.684. The highest BCUT2D eigenvalue weighted by Crippen LogP contribution is 2.35. The summed E-state index contributed by atoms with van der Waals surface area (Å²) in [5.74, 6) is 0. The Bertz CT molecular complexity index is 631. The Hall–Kier alpha value is -0.600. The Morgan fingerprint density at radius 2 is 1.70 bits per heavy atom. The third-order valence-electron chi connectivity index (χ3n) is 4.17. The maximum atomic E-state index is 3.88. The Morgan fingerprint density at radius 1 is 0.950 bits per heavy atom. The molecule has 104 valence electrons. The van der Waals surface area contributed by atoms with E-state index in [2.05, 4.69) is 75.2 Å². The summed E-state index contributed by atoms with van der Waals surface area (Å²) in [5.41, 5.74) is 7.14. The van der Waals surface area contributed by atoms with Crippen molar-refractivity contribution >= 4 is 31.9 Å². The first-order chi connectivity index (χ1) is 9.65. The number of aryl methyl sites for hydroxylation is 3. The minimum absolute atomic E-state index is 0.280. The lowest BCUT2D eigenvalue weighted by Crippen LogP contribution is -2.04. The van der Waals surface area contributed by atoms with E-state index in [0.29, 0.717) is 0 Å². The molecule has 1 atom stereocenters. The van der Waals surface area contributed by atoms with Crippen LogP contribution in [0.5, 0.6) is 0 Å². The molecule has 0 heterocycles. The summed E-state index contributed by atoms with van der Waals surface area (Å²) in [6.07, 6.45) is 5.17. The van der Waals surface area contributed by atoms with Gasteiger partial charge < -0.3 is 0 Å². The van der Waals surface area contributed by atoms with Crippen LogP contribution in [0.15, 0.2) is 40.9 Å². The van der Waals surface area contributed by atoms with Crippen LogP contribution in [0.3, 0.4) is 0 Å². The van der Waals surface area contributed by atoms with Crippen LogP contribution < -0.4 is 0 Å². The maximum absolute atomic E-state index is 3.88. The fraction of sp³-hybridized carbons (Fsp3) is 0.333. The SMILES string of the molecule is Cc1cc(Br)ccc1C(Br)c1ccc2c(c1)CCCC2. The lowest BCUT2D eigenvalue weighted by Gasteiger charge is -2.19. The Kier molecular flexibility index (Phi) is 4.32. The number of hydrogen-bond acceptors (Lipinski definition) is 0. The summed E-state index contributed by atoms with van der Waals surface area (Å²) in [7, 11) is 0. The van der Waals surface area contributed by atoms with Crippen LogP contribution in [-0.2, 0) is 12.8 Å². The molecule has 2 aromatic carbocycles. The van der Waals surface area contributed by atoms with E-state index < -0.39 is 0 Å². The largest absolute Gasteiger partial charge is 0.0786 e. The van der Waals surface area contributed by atoms with Gasteiger partial charge in [-0.2, -0.15) is 0 Å². The first kappa shape index (κ1) is 14.3. The summed E-state index contributed by atoms with van der Waals surface area (Å²) >= 11 is 7.42. The van der Waals surface area contributed by atoms with Gasteiger partial charge in [-0.15, -0.1) is 0 Å². The number of alkyl halides is 1. The molecule has 0 radical (unpaired) electrons. The third-order valence-corrected chi connectivity index (χ3v) is 5.69. The van der Waals surface area contributed by atoms with Crippen LogP contribution in [0.1, 0.15) is 45.5 Å². The van der Waals surface area contributed by atoms with E-state index in [1.165, 1.54) is 42.4 Å². The highest BCUT2D eigenvalue weighted by atomic mass is 79.9. The van der Waals surface area contributed by atoms with Crippen molar-refractivity contribution in [3.8, 4) is 0 Å². The standard InChI is InChI=1S/C18H18Br2/c1-12-10-16(19)8-9-17(12)18(20)15-7-6-13-4-2-3-5-14(13)11-15/h6-11,18H,2-5H2,1H3. The van der Waals surface area contributed by atoms with Gasteiger partial charge in [-0.05, 0) is 72.6 Å². The molecule has 0 aromatic heterocycles. The average molecular weight is 394 g/mol. The molecule has 0 aliphatic heterocycles. The van der Waals surface area contributed by atoms with Crippen LogP contribution in [0.2, 0.25) is 0 Å². The molecule has 0 saturated heterocycles. The molecular weight excluding hydrogens is 376 g/mol. The van der Waals surface area contributed by atoms with Crippen molar-refractivity contribution in [1.29, 1.82) is 0 Å². The van der Waals surface area contributed by atoms with E-state index in [4.69, 9.17) is 0 Å². The highest BCUT2D eigenvalue weighted by molar-refractivity contribution is 9.10. The fourth-order valence-electron chi connectivity index (χ4n) is 3.01. The normalized spacial score (nSPS) is 15.8. The van der Waals surface area contributed by atoms with E-state index in [1.807, 2.05) is 0 Å². The minimum atomic E-state index is 0.280. The molecule has 1 unspecified atom stereocenters. The Morgan fingerprint density at radius 3 is 2.45 bits per heavy atom. The molecule has 20 heavy (non-hydrogen) atoms. The highest BCUT2D eigenvalue weighted by Gasteiger charge is 2.16. The molecule has 2 aromatic rings. The summed E-state index contributed by atoms with van der Waals surface area (Å²) in [5, 5.41) is 0. The van der Waals surface area contributed by atoms with E-state index >= 15 is 0 Å². The van der Waals surface area contributed by atoms with Gasteiger partial charge in [-0.1, -0.05) is 56.1 Å². The Labute approximate surface area is 137 Å². The number of fused-ring (bicyclic) bond motifs is 1. The quantitative estimate of drug-likeness (QED) is 0.539. The molecule has 1 aliphatic carbocycles. The maximum Gasteiger partial charge on any atom is 0.0647 e. The van der Waals surface area contributed by atoms with Gasteiger partial charge >= 0.3 is 0 Å². The second-order valence-corrected chi connectivity index (χ2v) is 7.43. The molecule has 0 N–H and O–H groups in total. The van der Waals surface area contributed by atoms with Crippen molar-refractivity contribution in [2.24, 2.45) is 0 Å². The van der Waals surface area contributed by atoms with Gasteiger partial charge in [0.05, 0.1) is 4.83 Å². The molecule has 0 spiro atoms. The topological polar surface area (TPSA) is 0 Å². The zero-order valence-corrected chi connectivity index (χ0v) is 14.8. The molecule has 0 nitrogen and oxygen atoms in total. The van der Waals surface area contributed by atoms with E-state index in [9.17, 15) is 0 Å². The fourth-order valence-corrected chi connectivity index (χ4v) is 4.29. The number of hydrogen-bond donors (Lipinski definition) is 0. The van der Waals surface area contributed by atoms with Gasteiger partial charge in [0.25, 0.3) is 0 Å². The molecule has 0 saturated carbocycles. The van der Waals surface area contributed by atoms with Gasteiger partial charge in [-0.3, -0.25) is 0 Å². The molecule has 3 rings (SSSR count). The summed E-state index contributed by atoms with van der Waals surface area (Å²) in [6, 6.07) is 13.5. The van der Waals surface area contributed by atoms with Crippen molar-refractivity contribution in [1.82, 2.24) is 0 Å². The van der Waals surface area contributed by atoms with Gasteiger partial charge in [-0.25, -0.2) is 0 Å². The van der Waals surface area contributed by atoms with Gasteiger partial charge in [0.1, 0.15) is 0 Å². The number of halogens is 2. The smallest absolute Gasteiger partial charge is 0.0647 e. The summed E-state index contributed by atoms with van der Waals surface area (Å²) in [4.78, 5) is 0.280. The third kappa shape index (κ3) is 2.87. The van der Waals surface area contributed by atoms with Crippen LogP contribution in [0.4, 0.5) is 0 Å². The second kappa shape index (κ2) is 6.03. The van der Waals surface area contributed by atoms with Crippen LogP contribution in [0, 0.1) is 6.92 Å². The number of benzene rings is 2. The van der Waals surface area contributed by atoms with Crippen molar-refractivity contribution in [3.63, 3.8) is 0 Å². The van der Waals surface area contributed by atoms with Crippen molar-refractivity contribution < 1.29 is 0 Å². The predicted octanol–water partition coefficient (Wildman–Crippen LogP) is 6.12. The monoisotopic (exact) mass is 392 g/mol. The molecule has 2 heteroatoms. The van der Waals surface area contributed by atoms with E-state index in [-0.39, 0.29) is 4.83 Å². The van der Waals surface area contributed by atoms with Gasteiger partial charge in [0.2, 0.25) is 0 Å². The number of rotatable bonds is 2. The van der Waals surface area contributed by atoms with Crippen molar-refractivity contribution in [3.05, 3.63) is 68.7 Å². The van der Waals surface area contributed by atoms with Crippen LogP contribution in [0.25, 0.3) is 0 Å². The zero-order valence-electron chi connectivity index (χ0n) is 11.6. The zero-order chi connectivity index (χ0) is 14.1.